The summed E-state index contributed by atoms with van der Waals surface area (Å²) in [5.74, 6) is -0.991. The molecule has 0 unspecified atom stereocenters. The summed E-state index contributed by atoms with van der Waals surface area (Å²) < 4.78 is 42.7. The molecule has 1 amide bonds. The van der Waals surface area contributed by atoms with Crippen LogP contribution in [0.25, 0.3) is 0 Å². The Morgan fingerprint density at radius 3 is 2.39 bits per heavy atom. The summed E-state index contributed by atoms with van der Waals surface area (Å²) in [6.07, 6.45) is -2.99. The van der Waals surface area contributed by atoms with Crippen molar-refractivity contribution in [3.8, 4) is 0 Å². The maximum absolute atomic E-state index is 12.6. The second-order valence-electron chi connectivity index (χ2n) is 5.50. The van der Waals surface area contributed by atoms with E-state index in [2.05, 4.69) is 20.9 Å². The second-order valence-corrected chi connectivity index (χ2v) is 5.50. The molecule has 23 heavy (non-hydrogen) atoms. The van der Waals surface area contributed by atoms with Crippen LogP contribution in [-0.2, 0) is 9.53 Å². The topological polar surface area (TPSA) is 74.8 Å². The van der Waals surface area contributed by atoms with Gasteiger partial charge in [0.2, 0.25) is 5.91 Å². The zero-order valence-corrected chi connectivity index (χ0v) is 13.5. The minimum atomic E-state index is -4.11. The van der Waals surface area contributed by atoms with Crippen molar-refractivity contribution in [2.45, 2.75) is 37.9 Å². The third-order valence-corrected chi connectivity index (χ3v) is 3.80. The van der Waals surface area contributed by atoms with E-state index in [-0.39, 0.29) is 31.3 Å². The lowest BCUT2D eigenvalue weighted by molar-refractivity contribution is -0.182. The molecule has 0 aliphatic heterocycles. The van der Waals surface area contributed by atoms with Gasteiger partial charge in [0, 0.05) is 26.7 Å². The molecule has 3 N–H and O–H groups in total. The van der Waals surface area contributed by atoms with Crippen molar-refractivity contribution in [3.63, 3.8) is 0 Å². The summed E-state index contributed by atoms with van der Waals surface area (Å²) in [6, 6.07) is -0.0589. The first-order valence-corrected chi connectivity index (χ1v) is 7.66. The molecule has 0 saturated heterocycles. The fraction of sp³-hybridized carbons (Fsp3) is 0.857. The Labute approximate surface area is 134 Å². The lowest BCUT2D eigenvalue weighted by Crippen LogP contribution is -2.48. The first kappa shape index (κ1) is 19.5. The van der Waals surface area contributed by atoms with Crippen LogP contribution in [0.2, 0.25) is 0 Å². The Bertz CT molecular complexity index is 394. The molecule has 9 heteroatoms. The number of hydrogen-bond acceptors (Lipinski definition) is 3. The Balaban J connectivity index is 2.28. The number of aliphatic imine (C=N–C) groups is 1. The number of amides is 1. The molecule has 0 aromatic heterocycles. The third-order valence-electron chi connectivity index (χ3n) is 3.80. The highest BCUT2D eigenvalue weighted by molar-refractivity contribution is 5.86. The number of guanidine groups is 1. The summed E-state index contributed by atoms with van der Waals surface area (Å²) in [7, 11) is 3.10. The molecule has 0 radical (unpaired) electrons. The minimum Gasteiger partial charge on any atom is -0.383 e. The predicted octanol–water partition coefficient (Wildman–Crippen LogP) is 1.04. The molecule has 1 saturated carbocycles. The SMILES string of the molecule is CN=C(NCC(=O)NCCOC)NC1CCC(C(F)(F)F)CC1. The number of nitrogens with one attached hydrogen (secondary N) is 3. The van der Waals surface area contributed by atoms with Gasteiger partial charge in [0.25, 0.3) is 0 Å². The van der Waals surface area contributed by atoms with Gasteiger partial charge in [-0.25, -0.2) is 0 Å². The normalized spacial score (nSPS) is 22.6. The largest absolute Gasteiger partial charge is 0.391 e. The monoisotopic (exact) mass is 338 g/mol. The average Bonchev–Trinajstić information content (AvgIpc) is 2.51. The van der Waals surface area contributed by atoms with Gasteiger partial charge in [-0.2, -0.15) is 13.2 Å². The zero-order chi connectivity index (χ0) is 17.3. The molecule has 134 valence electrons. The lowest BCUT2D eigenvalue weighted by Gasteiger charge is -2.31. The van der Waals surface area contributed by atoms with Crippen molar-refractivity contribution in [2.75, 3.05) is 33.9 Å². The molecule has 0 spiro atoms. The van der Waals surface area contributed by atoms with Gasteiger partial charge in [-0.1, -0.05) is 0 Å². The number of hydrogen-bond donors (Lipinski definition) is 3. The number of methoxy groups -OCH3 is 1. The van der Waals surface area contributed by atoms with Gasteiger partial charge in [-0.05, 0) is 25.7 Å². The van der Waals surface area contributed by atoms with Crippen LogP contribution in [0.3, 0.4) is 0 Å². The van der Waals surface area contributed by atoms with Crippen LogP contribution in [-0.4, -0.2) is 57.9 Å². The van der Waals surface area contributed by atoms with Crippen LogP contribution in [0.5, 0.6) is 0 Å². The Morgan fingerprint density at radius 2 is 1.87 bits per heavy atom. The summed E-state index contributed by atoms with van der Waals surface area (Å²) in [5, 5.41) is 8.57. The number of carbonyl (C=O) groups excluding carboxylic acids is 1. The number of alkyl halides is 3. The fourth-order valence-corrected chi connectivity index (χ4v) is 2.47. The van der Waals surface area contributed by atoms with E-state index < -0.39 is 12.1 Å². The smallest absolute Gasteiger partial charge is 0.383 e. The number of carbonyl (C=O) groups is 1. The zero-order valence-electron chi connectivity index (χ0n) is 13.5. The maximum atomic E-state index is 12.6. The first-order valence-electron chi connectivity index (χ1n) is 7.66. The van der Waals surface area contributed by atoms with Crippen LogP contribution >= 0.6 is 0 Å². The van der Waals surface area contributed by atoms with Gasteiger partial charge in [0.15, 0.2) is 5.96 Å². The van der Waals surface area contributed by atoms with Gasteiger partial charge in [-0.3, -0.25) is 9.79 Å². The van der Waals surface area contributed by atoms with E-state index in [1.54, 1.807) is 14.2 Å². The van der Waals surface area contributed by atoms with Crippen molar-refractivity contribution in [3.05, 3.63) is 0 Å². The molecule has 1 aliphatic carbocycles. The molecule has 0 aromatic rings. The standard InChI is InChI=1S/C14H25F3N4O2/c1-18-13(20-9-12(22)19-7-8-23-2)21-11-5-3-10(4-6-11)14(15,16)17/h10-11H,3-9H2,1-2H3,(H,19,22)(H2,18,20,21). The number of rotatable bonds is 6. The molecule has 1 fully saturated rings. The summed E-state index contributed by atoms with van der Waals surface area (Å²) in [5.41, 5.74) is 0. The maximum Gasteiger partial charge on any atom is 0.391 e. The molecule has 0 atom stereocenters. The predicted molar refractivity (Wildman–Crippen MR) is 81.2 cm³/mol. The molecule has 1 rings (SSSR count). The Morgan fingerprint density at radius 1 is 1.22 bits per heavy atom. The third kappa shape index (κ3) is 7.54. The van der Waals surface area contributed by atoms with Gasteiger partial charge >= 0.3 is 6.18 Å². The van der Waals surface area contributed by atoms with Crippen LogP contribution in [0, 0.1) is 5.92 Å². The van der Waals surface area contributed by atoms with Crippen molar-refractivity contribution in [2.24, 2.45) is 10.9 Å². The van der Waals surface area contributed by atoms with Crippen molar-refractivity contribution >= 4 is 11.9 Å². The summed E-state index contributed by atoms with van der Waals surface area (Å²) >= 11 is 0. The summed E-state index contributed by atoms with van der Waals surface area (Å²) in [4.78, 5) is 15.5. The average molecular weight is 338 g/mol. The highest BCUT2D eigenvalue weighted by atomic mass is 19.4. The minimum absolute atomic E-state index is 0.0429. The van der Waals surface area contributed by atoms with E-state index in [0.717, 1.165) is 0 Å². The van der Waals surface area contributed by atoms with Gasteiger partial charge in [0.05, 0.1) is 19.1 Å². The van der Waals surface area contributed by atoms with E-state index in [4.69, 9.17) is 4.74 Å². The quantitative estimate of drug-likeness (QED) is 0.384. The van der Waals surface area contributed by atoms with Crippen LogP contribution in [0.4, 0.5) is 13.2 Å². The lowest BCUT2D eigenvalue weighted by atomic mass is 9.85. The van der Waals surface area contributed by atoms with Crippen molar-refractivity contribution in [1.29, 1.82) is 0 Å². The Hall–Kier alpha value is -1.51. The van der Waals surface area contributed by atoms with Crippen LogP contribution in [0.15, 0.2) is 4.99 Å². The number of halogens is 3. The van der Waals surface area contributed by atoms with Crippen LogP contribution < -0.4 is 16.0 Å². The van der Waals surface area contributed by atoms with Crippen molar-refractivity contribution < 1.29 is 22.7 Å². The first-order chi connectivity index (χ1) is 10.9. The van der Waals surface area contributed by atoms with E-state index in [1.807, 2.05) is 0 Å². The van der Waals surface area contributed by atoms with E-state index >= 15 is 0 Å². The van der Waals surface area contributed by atoms with Gasteiger partial charge in [-0.15, -0.1) is 0 Å². The van der Waals surface area contributed by atoms with Gasteiger partial charge in [0.1, 0.15) is 0 Å². The molecule has 0 aromatic carbocycles. The van der Waals surface area contributed by atoms with Crippen molar-refractivity contribution in [1.82, 2.24) is 16.0 Å². The molecule has 0 bridgehead atoms. The molecular formula is C14H25F3N4O2. The van der Waals surface area contributed by atoms with E-state index in [0.29, 0.717) is 32.0 Å². The Kier molecular flexibility index (Phi) is 8.15. The van der Waals surface area contributed by atoms with Gasteiger partial charge < -0.3 is 20.7 Å². The summed E-state index contributed by atoms with van der Waals surface area (Å²) in [6.45, 7) is 0.896. The van der Waals surface area contributed by atoms with E-state index in [9.17, 15) is 18.0 Å². The van der Waals surface area contributed by atoms with E-state index in [1.165, 1.54) is 0 Å². The molecular weight excluding hydrogens is 313 g/mol. The highest BCUT2D eigenvalue weighted by Gasteiger charge is 2.41. The van der Waals surface area contributed by atoms with Crippen LogP contribution in [0.1, 0.15) is 25.7 Å². The molecule has 1 aliphatic rings. The fourth-order valence-electron chi connectivity index (χ4n) is 2.47. The second kappa shape index (κ2) is 9.59. The molecule has 6 nitrogen and oxygen atoms in total. The molecule has 0 heterocycles. The highest BCUT2D eigenvalue weighted by Crippen LogP contribution is 2.37. The number of nitrogens with zero attached hydrogens (tertiary/aromatic N) is 1. The number of ether oxygens (including phenoxy) is 1.